The molecule has 0 aliphatic rings. The smallest absolute Gasteiger partial charge is 0.296 e. The fourth-order valence-corrected chi connectivity index (χ4v) is 10.2. The zero-order valence-electron chi connectivity index (χ0n) is 32.5. The van der Waals surface area contributed by atoms with E-state index in [0.29, 0.717) is 18.4 Å². The summed E-state index contributed by atoms with van der Waals surface area (Å²) in [6.07, 6.45) is 2.62. The molecule has 0 heterocycles. The number of phenols is 2. The number of benzene rings is 6. The Hall–Kier alpha value is -6.52. The van der Waals surface area contributed by atoms with Gasteiger partial charge in [-0.05, 0) is 82.6 Å². The molecule has 0 bridgehead atoms. The van der Waals surface area contributed by atoms with E-state index in [2.05, 4.69) is 20.5 Å². The third-order valence-corrected chi connectivity index (χ3v) is 14.6. The largest absolute Gasteiger partial charge is 0.505 e. The fourth-order valence-electron chi connectivity index (χ4n) is 6.24. The summed E-state index contributed by atoms with van der Waals surface area (Å²) in [6.45, 7) is 0. The average molecular weight is 1030 g/mol. The average Bonchev–Trinajstić information content (AvgIpc) is 3.16. The summed E-state index contributed by atoms with van der Waals surface area (Å²) in [6, 6.07) is 10.2. The van der Waals surface area contributed by atoms with E-state index in [4.69, 9.17) is 11.5 Å². The van der Waals surface area contributed by atoms with Gasteiger partial charge in [0.1, 0.15) is 26.1 Å². The molecule has 0 spiro atoms. The molecule has 0 radical (unpaired) electrons. The highest BCUT2D eigenvalue weighted by Crippen LogP contribution is 2.46. The molecule has 0 unspecified atom stereocenters. The van der Waals surface area contributed by atoms with Crippen LogP contribution in [0, 0.1) is 0 Å². The van der Waals surface area contributed by atoms with Crippen molar-refractivity contribution >= 4 is 128 Å². The lowest BCUT2D eigenvalue weighted by atomic mass is 10.1. The number of nitrogens with two attached hydrogens (primary N) is 2. The van der Waals surface area contributed by atoms with E-state index in [1.807, 2.05) is 0 Å². The summed E-state index contributed by atoms with van der Waals surface area (Å²) in [4.78, 5) is -5.18. The molecule has 0 amide bonds. The Labute approximate surface area is 372 Å². The second-order valence-electron chi connectivity index (χ2n) is 13.7. The molecule has 0 aliphatic carbocycles. The minimum absolute atomic E-state index is 0.245. The van der Waals surface area contributed by atoms with E-state index >= 15 is 0 Å². The van der Waals surface area contributed by atoms with Crippen molar-refractivity contribution in [2.24, 2.45) is 20.5 Å². The molecule has 6 aromatic carbocycles. The number of aromatic hydroxyl groups is 2. The Balaban J connectivity index is 1.40. The number of hydrogen-bond acceptors (Lipinski definition) is 20. The van der Waals surface area contributed by atoms with Gasteiger partial charge in [0.25, 0.3) is 50.6 Å². The number of rotatable bonds is 12. The lowest BCUT2D eigenvalue weighted by Gasteiger charge is -2.12. The molecule has 348 valence electrons. The molecule has 6 aromatic rings. The van der Waals surface area contributed by atoms with E-state index in [-0.39, 0.29) is 27.6 Å². The SMILES string of the molecule is CS(=O)(=O)c1cc2cc(S(=O)(=O)O)cc(N)c2c(O)c1N=Nc1ccc(/C=C/c2ccc(N=Nc3c(S(=O)(=O)O)cc4cc(S(=O)(=O)O)cc(N)c4c3O)cc2S(=O)(=O)O)c(S(=O)(=O)O)c1. The molecule has 0 saturated carbocycles. The maximum Gasteiger partial charge on any atom is 0.296 e. The summed E-state index contributed by atoms with van der Waals surface area (Å²) < 4.78 is 196. The summed E-state index contributed by atoms with van der Waals surface area (Å²) in [5.41, 5.74) is 7.57. The van der Waals surface area contributed by atoms with Gasteiger partial charge in [-0.3, -0.25) is 22.8 Å². The van der Waals surface area contributed by atoms with Crippen molar-refractivity contribution in [2.75, 3.05) is 17.7 Å². The highest BCUT2D eigenvalue weighted by molar-refractivity contribution is 7.91. The fraction of sp³-hybridized carbons (Fsp3) is 0.0286. The molecular weight excluding hydrogens is 1000 g/mol. The normalized spacial score (nSPS) is 13.5. The standard InChI is InChI=1S/C35H28N6O19S6/c1-61(44,45)28-10-18-8-22(62(46,47)48)14-24(36)30(18)34(42)32(28)40-38-20-6-4-16(26(12-20)64(52,53)54)2-3-17-5-7-21(13-27(17)65(55,56)57)39-41-33-29(66(58,59)60)11-19-9-23(63(49,50)51)15-25(37)31(19)35(33)43/h2-15,42-43H,36-37H2,1H3,(H,46,47,48)(H,49,50,51)(H,52,53,54)(H,55,56,57)(H,58,59,60)/b3-2+,40-38?,41-39?. The van der Waals surface area contributed by atoms with E-state index < -0.39 is 141 Å². The van der Waals surface area contributed by atoms with Crippen LogP contribution in [0.2, 0.25) is 0 Å². The van der Waals surface area contributed by atoms with Crippen LogP contribution in [0.15, 0.2) is 123 Å². The van der Waals surface area contributed by atoms with Crippen molar-refractivity contribution < 1.29 is 83.5 Å². The van der Waals surface area contributed by atoms with E-state index in [1.165, 1.54) is 0 Å². The predicted octanol–water partition coefficient (Wildman–Crippen LogP) is 5.21. The molecule has 6 rings (SSSR count). The van der Waals surface area contributed by atoms with Crippen LogP contribution in [0.3, 0.4) is 0 Å². The van der Waals surface area contributed by atoms with Crippen molar-refractivity contribution in [1.29, 1.82) is 0 Å². The molecule has 11 N–H and O–H groups in total. The molecule has 25 nitrogen and oxygen atoms in total. The van der Waals surface area contributed by atoms with Gasteiger partial charge in [-0.1, -0.05) is 24.3 Å². The summed E-state index contributed by atoms with van der Waals surface area (Å²) in [5.74, 6) is -1.97. The van der Waals surface area contributed by atoms with Crippen LogP contribution in [-0.2, 0) is 60.4 Å². The number of nitrogen functional groups attached to an aromatic ring is 2. The second kappa shape index (κ2) is 16.7. The minimum atomic E-state index is -5.28. The highest BCUT2D eigenvalue weighted by Gasteiger charge is 2.27. The van der Waals surface area contributed by atoms with E-state index in [1.54, 1.807) is 0 Å². The van der Waals surface area contributed by atoms with Gasteiger partial charge in [0.2, 0.25) is 0 Å². The molecule has 0 atom stereocenters. The van der Waals surface area contributed by atoms with Gasteiger partial charge in [-0.15, -0.1) is 10.2 Å². The van der Waals surface area contributed by atoms with Gasteiger partial charge < -0.3 is 21.7 Å². The number of nitrogens with zero attached hydrogens (tertiary/aromatic N) is 4. The Kier molecular flexibility index (Phi) is 12.4. The monoisotopic (exact) mass is 1030 g/mol. The van der Waals surface area contributed by atoms with Crippen LogP contribution in [0.25, 0.3) is 33.7 Å². The van der Waals surface area contributed by atoms with Crippen molar-refractivity contribution in [1.82, 2.24) is 0 Å². The van der Waals surface area contributed by atoms with Gasteiger partial charge in [0.05, 0.1) is 26.1 Å². The maximum absolute atomic E-state index is 12.7. The second-order valence-corrected chi connectivity index (χ2v) is 22.7. The minimum Gasteiger partial charge on any atom is -0.505 e. The Bertz CT molecular complexity index is 3660. The van der Waals surface area contributed by atoms with Crippen LogP contribution < -0.4 is 11.5 Å². The molecule has 31 heteroatoms. The van der Waals surface area contributed by atoms with E-state index in [9.17, 15) is 83.5 Å². The van der Waals surface area contributed by atoms with Crippen LogP contribution in [0.4, 0.5) is 34.1 Å². The summed E-state index contributed by atoms with van der Waals surface area (Å²) in [7, 11) is -29.6. The number of sulfone groups is 1. The Morgan fingerprint density at radius 3 is 1.12 bits per heavy atom. The van der Waals surface area contributed by atoms with Gasteiger partial charge >= 0.3 is 0 Å². The lowest BCUT2D eigenvalue weighted by Crippen LogP contribution is -2.02. The number of hydrogen-bond donors (Lipinski definition) is 9. The van der Waals surface area contributed by atoms with Crippen LogP contribution >= 0.6 is 0 Å². The summed E-state index contributed by atoms with van der Waals surface area (Å²) >= 11 is 0. The molecule has 0 aliphatic heterocycles. The highest BCUT2D eigenvalue weighted by atomic mass is 32.2. The molecule has 0 fully saturated rings. The van der Waals surface area contributed by atoms with Crippen LogP contribution in [0.1, 0.15) is 11.1 Å². The molecular formula is C35H28N6O19S6. The molecule has 0 saturated heterocycles. The molecule has 66 heavy (non-hydrogen) atoms. The van der Waals surface area contributed by atoms with Gasteiger partial charge in [0, 0.05) is 28.4 Å². The number of azo groups is 2. The predicted molar refractivity (Wildman–Crippen MR) is 232 cm³/mol. The topological polar surface area (TPSA) is 448 Å². The van der Waals surface area contributed by atoms with Crippen molar-refractivity contribution in [3.63, 3.8) is 0 Å². The zero-order valence-corrected chi connectivity index (χ0v) is 37.4. The van der Waals surface area contributed by atoms with E-state index in [0.717, 1.165) is 72.8 Å². The number of anilines is 2. The van der Waals surface area contributed by atoms with Gasteiger partial charge in [-0.25, -0.2) is 8.42 Å². The molecule has 0 aromatic heterocycles. The third kappa shape index (κ3) is 10.1. The van der Waals surface area contributed by atoms with Crippen LogP contribution in [0.5, 0.6) is 11.5 Å². The van der Waals surface area contributed by atoms with Crippen molar-refractivity contribution in [3.05, 3.63) is 83.9 Å². The quantitative estimate of drug-likeness (QED) is 0.0329. The van der Waals surface area contributed by atoms with Crippen LogP contribution in [-0.4, -0.2) is 89.7 Å². The number of phenolic OH excluding ortho intramolecular Hbond substituents is 2. The first-order valence-corrected chi connectivity index (χ1v) is 26.3. The van der Waals surface area contributed by atoms with Gasteiger partial charge in [-0.2, -0.15) is 52.3 Å². The van der Waals surface area contributed by atoms with Gasteiger partial charge in [0.15, 0.2) is 21.3 Å². The Morgan fingerprint density at radius 1 is 0.439 bits per heavy atom. The summed E-state index contributed by atoms with van der Waals surface area (Å²) in [5, 5.41) is 35.5. The lowest BCUT2D eigenvalue weighted by molar-refractivity contribution is 0.472. The maximum atomic E-state index is 12.7. The third-order valence-electron chi connectivity index (χ3n) is 9.10. The first-order valence-electron chi connectivity index (χ1n) is 17.2. The van der Waals surface area contributed by atoms with Crippen molar-refractivity contribution in [3.8, 4) is 11.5 Å². The number of fused-ring (bicyclic) bond motifs is 2. The first-order chi connectivity index (χ1) is 30.2. The Morgan fingerprint density at radius 2 is 0.788 bits per heavy atom. The first kappa shape index (κ1) is 48.9. The zero-order chi connectivity index (χ0) is 49.3. The van der Waals surface area contributed by atoms with Crippen molar-refractivity contribution in [2.45, 2.75) is 29.4 Å².